The Kier molecular flexibility index (Phi) is 2.81. The van der Waals surface area contributed by atoms with E-state index in [2.05, 4.69) is 36.1 Å². The Morgan fingerprint density at radius 2 is 1.95 bits per heavy atom. The van der Waals surface area contributed by atoms with E-state index < -0.39 is 0 Å². The third kappa shape index (κ3) is 2.23. The molecule has 1 saturated carbocycles. The standard InChI is InChI=1S/C15H19N3O/c1-10(2)9-13-17-14(19-18-13)15(7-8-15)11-3-5-12(16)6-4-11/h3-6,10H,7-9,16H2,1-2H3. The van der Waals surface area contributed by atoms with Gasteiger partial charge in [0, 0.05) is 12.1 Å². The van der Waals surface area contributed by atoms with E-state index in [9.17, 15) is 0 Å². The van der Waals surface area contributed by atoms with Gasteiger partial charge in [0.1, 0.15) is 0 Å². The normalized spacial score (nSPS) is 16.8. The molecule has 4 heteroatoms. The van der Waals surface area contributed by atoms with Gasteiger partial charge in [0.25, 0.3) is 0 Å². The summed E-state index contributed by atoms with van der Waals surface area (Å²) in [5.41, 5.74) is 7.68. The fraction of sp³-hybridized carbons (Fsp3) is 0.467. The Bertz CT molecular complexity index is 567. The molecule has 3 rings (SSSR count). The lowest BCUT2D eigenvalue weighted by atomic mass is 9.95. The number of hydrogen-bond donors (Lipinski definition) is 1. The molecule has 0 radical (unpaired) electrons. The molecule has 1 heterocycles. The van der Waals surface area contributed by atoms with Gasteiger partial charge in [0.2, 0.25) is 5.89 Å². The molecule has 0 atom stereocenters. The summed E-state index contributed by atoms with van der Waals surface area (Å²) in [4.78, 5) is 4.57. The highest BCUT2D eigenvalue weighted by Crippen LogP contribution is 2.52. The summed E-state index contributed by atoms with van der Waals surface area (Å²) < 4.78 is 5.49. The van der Waals surface area contributed by atoms with Crippen LogP contribution in [0.15, 0.2) is 28.8 Å². The first-order chi connectivity index (χ1) is 9.10. The van der Waals surface area contributed by atoms with E-state index in [0.717, 1.165) is 36.7 Å². The van der Waals surface area contributed by atoms with Crippen molar-refractivity contribution in [3.63, 3.8) is 0 Å². The lowest BCUT2D eigenvalue weighted by Crippen LogP contribution is -2.09. The Labute approximate surface area is 113 Å². The number of aromatic nitrogens is 2. The van der Waals surface area contributed by atoms with Crippen molar-refractivity contribution >= 4 is 5.69 Å². The number of nitrogen functional groups attached to an aromatic ring is 1. The molecule has 4 nitrogen and oxygen atoms in total. The number of rotatable bonds is 4. The molecule has 2 N–H and O–H groups in total. The van der Waals surface area contributed by atoms with Crippen LogP contribution in [-0.2, 0) is 11.8 Å². The van der Waals surface area contributed by atoms with E-state index in [1.165, 1.54) is 5.56 Å². The molecule has 0 spiro atoms. The highest BCUT2D eigenvalue weighted by atomic mass is 16.5. The minimum atomic E-state index is -0.0596. The molecule has 19 heavy (non-hydrogen) atoms. The molecule has 1 aromatic heterocycles. The average molecular weight is 257 g/mol. The van der Waals surface area contributed by atoms with Crippen molar-refractivity contribution in [1.29, 1.82) is 0 Å². The maximum Gasteiger partial charge on any atom is 0.237 e. The topological polar surface area (TPSA) is 64.9 Å². The smallest absolute Gasteiger partial charge is 0.237 e. The first-order valence-electron chi connectivity index (χ1n) is 6.79. The van der Waals surface area contributed by atoms with Gasteiger partial charge in [-0.25, -0.2) is 0 Å². The van der Waals surface area contributed by atoms with Crippen molar-refractivity contribution in [3.8, 4) is 0 Å². The van der Waals surface area contributed by atoms with Crippen LogP contribution in [0.3, 0.4) is 0 Å². The van der Waals surface area contributed by atoms with Crippen LogP contribution < -0.4 is 5.73 Å². The highest BCUT2D eigenvalue weighted by Gasteiger charge is 2.50. The van der Waals surface area contributed by atoms with E-state index in [1.807, 2.05) is 12.1 Å². The number of benzene rings is 1. The van der Waals surface area contributed by atoms with E-state index in [4.69, 9.17) is 10.3 Å². The van der Waals surface area contributed by atoms with Gasteiger partial charge >= 0.3 is 0 Å². The quantitative estimate of drug-likeness (QED) is 0.855. The summed E-state index contributed by atoms with van der Waals surface area (Å²) in [7, 11) is 0. The predicted molar refractivity (Wildman–Crippen MR) is 73.7 cm³/mol. The Hall–Kier alpha value is -1.84. The van der Waals surface area contributed by atoms with E-state index in [-0.39, 0.29) is 5.41 Å². The van der Waals surface area contributed by atoms with Gasteiger partial charge in [0.05, 0.1) is 5.41 Å². The zero-order chi connectivity index (χ0) is 13.5. The van der Waals surface area contributed by atoms with Crippen LogP contribution in [0.25, 0.3) is 0 Å². The minimum Gasteiger partial charge on any atom is -0.399 e. The lowest BCUT2D eigenvalue weighted by molar-refractivity contribution is 0.354. The Balaban J connectivity index is 1.88. The molecule has 1 aromatic carbocycles. The van der Waals surface area contributed by atoms with Crippen molar-refractivity contribution in [2.75, 3.05) is 5.73 Å². The van der Waals surface area contributed by atoms with E-state index in [1.54, 1.807) is 0 Å². The number of anilines is 1. The van der Waals surface area contributed by atoms with E-state index in [0.29, 0.717) is 5.92 Å². The van der Waals surface area contributed by atoms with Gasteiger partial charge < -0.3 is 10.3 Å². The summed E-state index contributed by atoms with van der Waals surface area (Å²) in [5.74, 6) is 2.11. The summed E-state index contributed by atoms with van der Waals surface area (Å²) in [6, 6.07) is 7.99. The summed E-state index contributed by atoms with van der Waals surface area (Å²) in [6.45, 7) is 4.31. The monoisotopic (exact) mass is 257 g/mol. The summed E-state index contributed by atoms with van der Waals surface area (Å²) >= 11 is 0. The second-order valence-corrected chi connectivity index (χ2v) is 5.82. The van der Waals surface area contributed by atoms with Crippen molar-refractivity contribution in [2.45, 2.75) is 38.5 Å². The Morgan fingerprint density at radius 3 is 2.53 bits per heavy atom. The van der Waals surface area contributed by atoms with Gasteiger partial charge in [-0.05, 0) is 36.5 Å². The van der Waals surface area contributed by atoms with Crippen molar-refractivity contribution < 1.29 is 4.52 Å². The zero-order valence-corrected chi connectivity index (χ0v) is 11.4. The van der Waals surface area contributed by atoms with Gasteiger partial charge in [-0.3, -0.25) is 0 Å². The lowest BCUT2D eigenvalue weighted by Gasteiger charge is -2.10. The molecule has 2 aromatic rings. The van der Waals surface area contributed by atoms with E-state index >= 15 is 0 Å². The van der Waals surface area contributed by atoms with Crippen molar-refractivity contribution in [1.82, 2.24) is 10.1 Å². The SMILES string of the molecule is CC(C)Cc1noc(C2(c3ccc(N)cc3)CC2)n1. The van der Waals surface area contributed by atoms with Crippen LogP contribution >= 0.6 is 0 Å². The largest absolute Gasteiger partial charge is 0.399 e. The maximum atomic E-state index is 5.74. The second-order valence-electron chi connectivity index (χ2n) is 5.82. The van der Waals surface area contributed by atoms with Crippen LogP contribution in [0.4, 0.5) is 5.69 Å². The molecule has 0 aliphatic heterocycles. The first-order valence-corrected chi connectivity index (χ1v) is 6.79. The fourth-order valence-electron chi connectivity index (χ4n) is 2.45. The molecule has 0 amide bonds. The van der Waals surface area contributed by atoms with Crippen LogP contribution in [-0.4, -0.2) is 10.1 Å². The molecule has 0 bridgehead atoms. The predicted octanol–water partition coefficient (Wildman–Crippen LogP) is 2.93. The van der Waals surface area contributed by atoms with Gasteiger partial charge in [0.15, 0.2) is 5.82 Å². The second kappa shape index (κ2) is 4.37. The molecule has 100 valence electrons. The molecule has 1 fully saturated rings. The number of nitrogens with two attached hydrogens (primary N) is 1. The Morgan fingerprint density at radius 1 is 1.26 bits per heavy atom. The molecule has 0 unspecified atom stereocenters. The zero-order valence-electron chi connectivity index (χ0n) is 11.4. The van der Waals surface area contributed by atoms with Crippen LogP contribution in [0, 0.1) is 5.92 Å². The molecule has 0 saturated heterocycles. The van der Waals surface area contributed by atoms with Crippen LogP contribution in [0.1, 0.15) is 44.0 Å². The molecule has 1 aliphatic carbocycles. The van der Waals surface area contributed by atoms with Gasteiger partial charge in [-0.2, -0.15) is 4.98 Å². The van der Waals surface area contributed by atoms with Crippen LogP contribution in [0.5, 0.6) is 0 Å². The van der Waals surface area contributed by atoms with Gasteiger partial charge in [-0.1, -0.05) is 31.1 Å². The van der Waals surface area contributed by atoms with Crippen molar-refractivity contribution in [3.05, 3.63) is 41.5 Å². The third-order valence-corrected chi connectivity index (χ3v) is 3.68. The average Bonchev–Trinajstić information content (AvgIpc) is 3.05. The summed E-state index contributed by atoms with van der Waals surface area (Å²) in [6.07, 6.45) is 3.00. The number of nitrogens with zero attached hydrogens (tertiary/aromatic N) is 2. The third-order valence-electron chi connectivity index (χ3n) is 3.68. The first kappa shape index (κ1) is 12.2. The highest BCUT2D eigenvalue weighted by molar-refractivity contribution is 5.45. The number of hydrogen-bond acceptors (Lipinski definition) is 4. The maximum absolute atomic E-state index is 5.74. The molecule has 1 aliphatic rings. The van der Waals surface area contributed by atoms with Crippen molar-refractivity contribution in [2.24, 2.45) is 5.92 Å². The van der Waals surface area contributed by atoms with Crippen LogP contribution in [0.2, 0.25) is 0 Å². The molecular weight excluding hydrogens is 238 g/mol. The van der Waals surface area contributed by atoms with Gasteiger partial charge in [-0.15, -0.1) is 0 Å². The molecular formula is C15H19N3O. The summed E-state index contributed by atoms with van der Waals surface area (Å²) in [5, 5.41) is 4.09. The fourth-order valence-corrected chi connectivity index (χ4v) is 2.45. The minimum absolute atomic E-state index is 0.0596.